The maximum Gasteiger partial charge on any atom is 0.283 e. The number of hydrogen-bond donors (Lipinski definition) is 1. The lowest BCUT2D eigenvalue weighted by atomic mass is 10.1. The van der Waals surface area contributed by atoms with Crippen LogP contribution in [0.1, 0.15) is 15.9 Å². The lowest BCUT2D eigenvalue weighted by Crippen LogP contribution is -2.30. The summed E-state index contributed by atoms with van der Waals surface area (Å²) in [4.78, 5) is 42.1. The van der Waals surface area contributed by atoms with Crippen LogP contribution in [0.4, 0.5) is 11.4 Å². The van der Waals surface area contributed by atoms with E-state index in [0.29, 0.717) is 22.0 Å². The number of hydrogen-bond acceptors (Lipinski definition) is 8. The number of carbonyl (C=O) groups excluding carboxylic acids is 2. The Balaban J connectivity index is 1.60. The van der Waals surface area contributed by atoms with Crippen molar-refractivity contribution in [1.29, 1.82) is 0 Å². The van der Waals surface area contributed by atoms with Gasteiger partial charge in [-0.3, -0.25) is 24.6 Å². The van der Waals surface area contributed by atoms with Crippen LogP contribution >= 0.6 is 11.8 Å². The number of para-hydroxylation sites is 1. The van der Waals surface area contributed by atoms with Crippen molar-refractivity contribution in [2.75, 3.05) is 17.8 Å². The second-order valence-electron chi connectivity index (χ2n) is 7.35. The Morgan fingerprint density at radius 1 is 1.14 bits per heavy atom. The molecule has 0 aromatic heterocycles. The van der Waals surface area contributed by atoms with Gasteiger partial charge in [0.15, 0.2) is 22.4 Å². The van der Waals surface area contributed by atoms with Crippen LogP contribution in [0.3, 0.4) is 0 Å². The minimum atomic E-state index is -0.531. The number of rotatable bonds is 7. The Kier molecular flexibility index (Phi) is 6.93. The lowest BCUT2D eigenvalue weighted by molar-refractivity contribution is -0.384. The van der Waals surface area contributed by atoms with Crippen molar-refractivity contribution in [3.8, 4) is 11.5 Å². The van der Waals surface area contributed by atoms with Gasteiger partial charge in [-0.1, -0.05) is 36.0 Å². The van der Waals surface area contributed by atoms with E-state index >= 15 is 0 Å². The van der Waals surface area contributed by atoms with Gasteiger partial charge in [0.1, 0.15) is 5.70 Å². The number of ketones is 1. The molecule has 0 atom stereocenters. The van der Waals surface area contributed by atoms with Crippen molar-refractivity contribution in [3.05, 3.63) is 99.7 Å². The Morgan fingerprint density at radius 3 is 2.51 bits per heavy atom. The molecular formula is C25H19N3O6S. The number of thioether (sulfide) groups is 1. The summed E-state index contributed by atoms with van der Waals surface area (Å²) in [6, 6.07) is 19.0. The molecule has 1 aliphatic rings. The predicted molar refractivity (Wildman–Crippen MR) is 134 cm³/mol. The average molecular weight is 490 g/mol. The van der Waals surface area contributed by atoms with Crippen LogP contribution < -0.4 is 9.64 Å². The van der Waals surface area contributed by atoms with E-state index in [0.717, 1.165) is 11.8 Å². The van der Waals surface area contributed by atoms with E-state index in [1.54, 1.807) is 42.5 Å². The minimum absolute atomic E-state index is 0.0203. The van der Waals surface area contributed by atoms with E-state index in [-0.39, 0.29) is 40.3 Å². The summed E-state index contributed by atoms with van der Waals surface area (Å²) in [6.45, 7) is 0. The molecule has 0 fully saturated rings. The quantitative estimate of drug-likeness (QED) is 0.221. The van der Waals surface area contributed by atoms with Gasteiger partial charge in [0.25, 0.3) is 11.6 Å². The Bertz CT molecular complexity index is 1350. The third-order valence-electron chi connectivity index (χ3n) is 5.08. The molecule has 10 heteroatoms. The molecule has 3 aromatic carbocycles. The van der Waals surface area contributed by atoms with Crippen LogP contribution in [0.5, 0.6) is 11.5 Å². The van der Waals surface area contributed by atoms with Crippen molar-refractivity contribution < 1.29 is 24.4 Å². The Labute approximate surface area is 204 Å². The second kappa shape index (κ2) is 10.2. The van der Waals surface area contributed by atoms with Crippen LogP contribution in [0, 0.1) is 10.1 Å². The molecule has 1 aliphatic heterocycles. The normalized spacial score (nSPS) is 14.2. The SMILES string of the molecule is COc1cc(C=C2N=C(SCC(=O)c3ccc([N+](=O)[O-])cc3)N(c3ccccc3)C2=O)ccc1O. The summed E-state index contributed by atoms with van der Waals surface area (Å²) >= 11 is 1.09. The van der Waals surface area contributed by atoms with Gasteiger partial charge < -0.3 is 9.84 Å². The van der Waals surface area contributed by atoms with Crippen LogP contribution in [0.15, 0.2) is 83.5 Å². The maximum atomic E-state index is 13.3. The number of Topliss-reactive ketones (excluding diaryl/α,β-unsaturated/α-hetero) is 1. The summed E-state index contributed by atoms with van der Waals surface area (Å²) in [6.07, 6.45) is 1.58. The summed E-state index contributed by atoms with van der Waals surface area (Å²) in [5.41, 5.74) is 1.58. The van der Waals surface area contributed by atoms with Crippen molar-refractivity contribution in [1.82, 2.24) is 0 Å². The zero-order chi connectivity index (χ0) is 24.9. The molecule has 0 spiro atoms. The number of ether oxygens (including phenoxy) is 1. The molecule has 3 aromatic rings. The third-order valence-corrected chi connectivity index (χ3v) is 6.02. The number of phenolic OH excluding ortho intramolecular Hbond substituents is 1. The second-order valence-corrected chi connectivity index (χ2v) is 8.29. The molecule has 0 bridgehead atoms. The molecule has 1 heterocycles. The predicted octanol–water partition coefficient (Wildman–Crippen LogP) is 4.67. The van der Waals surface area contributed by atoms with Gasteiger partial charge in [0.05, 0.1) is 23.5 Å². The van der Waals surface area contributed by atoms with Gasteiger partial charge in [0.2, 0.25) is 0 Å². The van der Waals surface area contributed by atoms with Crippen molar-refractivity contribution in [3.63, 3.8) is 0 Å². The number of carbonyl (C=O) groups is 2. The number of aliphatic imine (C=N–C) groups is 1. The number of methoxy groups -OCH3 is 1. The van der Waals surface area contributed by atoms with Crippen molar-refractivity contribution in [2.24, 2.45) is 4.99 Å². The molecule has 4 rings (SSSR count). The number of phenols is 1. The smallest absolute Gasteiger partial charge is 0.283 e. The lowest BCUT2D eigenvalue weighted by Gasteiger charge is -2.17. The highest BCUT2D eigenvalue weighted by Crippen LogP contribution is 2.32. The monoisotopic (exact) mass is 489 g/mol. The summed E-state index contributed by atoms with van der Waals surface area (Å²) in [5.74, 6) is -0.407. The Hall–Kier alpha value is -4.44. The first-order chi connectivity index (χ1) is 16.9. The van der Waals surface area contributed by atoms with E-state index in [1.807, 2.05) is 6.07 Å². The van der Waals surface area contributed by atoms with Gasteiger partial charge >= 0.3 is 0 Å². The summed E-state index contributed by atoms with van der Waals surface area (Å²) < 4.78 is 5.13. The maximum absolute atomic E-state index is 13.3. The van der Waals surface area contributed by atoms with Gasteiger partial charge in [-0.25, -0.2) is 4.99 Å². The molecule has 0 aliphatic carbocycles. The first-order valence-electron chi connectivity index (χ1n) is 10.3. The van der Waals surface area contributed by atoms with E-state index in [2.05, 4.69) is 4.99 Å². The average Bonchev–Trinajstić information content (AvgIpc) is 3.18. The molecule has 0 unspecified atom stereocenters. The fraction of sp³-hybridized carbons (Fsp3) is 0.0800. The largest absolute Gasteiger partial charge is 0.504 e. The zero-order valence-corrected chi connectivity index (χ0v) is 19.3. The van der Waals surface area contributed by atoms with Gasteiger partial charge in [0, 0.05) is 17.7 Å². The number of nitro groups is 1. The van der Waals surface area contributed by atoms with Crippen LogP contribution in [0.25, 0.3) is 6.08 Å². The molecule has 0 radical (unpaired) electrons. The minimum Gasteiger partial charge on any atom is -0.504 e. The molecule has 1 N–H and O–H groups in total. The van der Waals surface area contributed by atoms with Gasteiger partial charge in [-0.15, -0.1) is 0 Å². The van der Waals surface area contributed by atoms with Gasteiger partial charge in [-0.05, 0) is 48.0 Å². The van der Waals surface area contributed by atoms with Crippen molar-refractivity contribution in [2.45, 2.75) is 0 Å². The molecule has 0 saturated heterocycles. The number of amides is 1. The zero-order valence-electron chi connectivity index (χ0n) is 18.5. The van der Waals surface area contributed by atoms with E-state index in [9.17, 15) is 24.8 Å². The van der Waals surface area contributed by atoms with E-state index < -0.39 is 4.92 Å². The number of nitrogens with zero attached hydrogens (tertiary/aromatic N) is 3. The summed E-state index contributed by atoms with van der Waals surface area (Å²) in [7, 11) is 1.43. The highest BCUT2D eigenvalue weighted by Gasteiger charge is 2.32. The fourth-order valence-corrected chi connectivity index (χ4v) is 4.23. The molecule has 9 nitrogen and oxygen atoms in total. The van der Waals surface area contributed by atoms with E-state index in [1.165, 1.54) is 42.3 Å². The van der Waals surface area contributed by atoms with Crippen molar-refractivity contribution >= 4 is 46.1 Å². The molecule has 0 saturated carbocycles. The number of anilines is 1. The van der Waals surface area contributed by atoms with Crippen LogP contribution in [-0.4, -0.2) is 39.8 Å². The van der Waals surface area contributed by atoms with Gasteiger partial charge in [-0.2, -0.15) is 0 Å². The number of non-ortho nitro benzene ring substituents is 1. The Morgan fingerprint density at radius 2 is 1.86 bits per heavy atom. The van der Waals surface area contributed by atoms with E-state index in [4.69, 9.17) is 4.74 Å². The standard InChI is InChI=1S/C25H19N3O6S/c1-34-23-14-16(7-12-21(23)29)13-20-24(31)27(18-5-3-2-4-6-18)25(26-20)35-15-22(30)17-8-10-19(11-9-17)28(32)33/h2-14,29H,15H2,1H3. The summed E-state index contributed by atoms with van der Waals surface area (Å²) in [5, 5.41) is 21.0. The highest BCUT2D eigenvalue weighted by molar-refractivity contribution is 8.14. The first-order valence-corrected chi connectivity index (χ1v) is 11.3. The molecule has 35 heavy (non-hydrogen) atoms. The first kappa shape index (κ1) is 23.7. The topological polar surface area (TPSA) is 122 Å². The number of amidine groups is 1. The molecular weight excluding hydrogens is 470 g/mol. The number of aromatic hydroxyl groups is 1. The van der Waals surface area contributed by atoms with Crippen LogP contribution in [-0.2, 0) is 4.79 Å². The number of benzene rings is 3. The number of nitro benzene ring substituents is 1. The third kappa shape index (κ3) is 5.22. The highest BCUT2D eigenvalue weighted by atomic mass is 32.2. The molecule has 176 valence electrons. The fourth-order valence-electron chi connectivity index (χ4n) is 3.32. The van der Waals surface area contributed by atoms with Crippen LogP contribution in [0.2, 0.25) is 0 Å². The molecule has 1 amide bonds.